The number of amides is 5. The highest BCUT2D eigenvalue weighted by Gasteiger charge is 2.48. The van der Waals surface area contributed by atoms with Crippen LogP contribution in [0.1, 0.15) is 12.8 Å². The Hall–Kier alpha value is -2.77. The maximum Gasteiger partial charge on any atom is 0.332 e. The Morgan fingerprint density at radius 3 is 2.24 bits per heavy atom. The molecule has 29 heavy (non-hydrogen) atoms. The maximum absolute atomic E-state index is 12.9. The highest BCUT2D eigenvalue weighted by Crippen LogP contribution is 2.31. The van der Waals surface area contributed by atoms with Crippen LogP contribution in [0.25, 0.3) is 0 Å². The predicted octanol–water partition coefficient (Wildman–Crippen LogP) is 4.11. The van der Waals surface area contributed by atoms with Crippen LogP contribution in [0.5, 0.6) is 0 Å². The van der Waals surface area contributed by atoms with Gasteiger partial charge in [-0.2, -0.15) is 0 Å². The fourth-order valence-electron chi connectivity index (χ4n) is 3.64. The minimum Gasteiger partial charge on any atom is -0.335 e. The first-order valence-corrected chi connectivity index (χ1v) is 9.91. The Bertz CT molecular complexity index is 949. The van der Waals surface area contributed by atoms with Crippen LogP contribution in [0.15, 0.2) is 48.5 Å². The van der Waals surface area contributed by atoms with E-state index in [9.17, 15) is 14.4 Å². The van der Waals surface area contributed by atoms with E-state index >= 15 is 0 Å². The number of hydrogen-bond donors (Lipinski definition) is 2. The second kappa shape index (κ2) is 7.93. The second-order valence-corrected chi connectivity index (χ2v) is 7.84. The summed E-state index contributed by atoms with van der Waals surface area (Å²) in [4.78, 5) is 40.6. The fourth-order valence-corrected chi connectivity index (χ4v) is 3.90. The third-order valence-corrected chi connectivity index (χ3v) is 5.57. The van der Waals surface area contributed by atoms with Crippen molar-refractivity contribution in [1.29, 1.82) is 0 Å². The minimum absolute atomic E-state index is 0.217. The molecule has 0 radical (unpaired) electrons. The second-order valence-electron chi connectivity index (χ2n) is 6.97. The number of carbonyl (C=O) groups excluding carboxylic acids is 3. The molecule has 0 saturated carbocycles. The number of halogens is 2. The monoisotopic (exact) mass is 432 g/mol. The molecule has 0 spiro atoms. The third-order valence-electron chi connectivity index (χ3n) is 5.07. The molecule has 2 heterocycles. The molecule has 0 aromatic heterocycles. The van der Waals surface area contributed by atoms with Gasteiger partial charge in [0.15, 0.2) is 0 Å². The van der Waals surface area contributed by atoms with Gasteiger partial charge in [0.2, 0.25) is 0 Å². The lowest BCUT2D eigenvalue weighted by molar-refractivity contribution is -0.120. The largest absolute Gasteiger partial charge is 0.335 e. The fraction of sp³-hybridized carbons (Fsp3) is 0.250. The van der Waals surface area contributed by atoms with Crippen LogP contribution in [0.3, 0.4) is 0 Å². The first-order valence-electron chi connectivity index (χ1n) is 9.15. The SMILES string of the molecule is O=C(Nc1ccc(Cl)cc1)N[C@H]1CCN2C(=O)N(c3ccc(Cl)cc3)C(=O)[C@@H]2C1. The van der Waals surface area contributed by atoms with Crippen molar-refractivity contribution in [3.8, 4) is 0 Å². The number of urea groups is 2. The number of nitrogens with zero attached hydrogens (tertiary/aromatic N) is 2. The quantitative estimate of drug-likeness (QED) is 0.715. The van der Waals surface area contributed by atoms with Crippen molar-refractivity contribution >= 4 is 52.5 Å². The molecule has 9 heteroatoms. The zero-order chi connectivity index (χ0) is 20.5. The number of benzene rings is 2. The lowest BCUT2D eigenvalue weighted by atomic mass is 9.98. The van der Waals surface area contributed by atoms with E-state index in [4.69, 9.17) is 23.2 Å². The summed E-state index contributed by atoms with van der Waals surface area (Å²) in [6, 6.07) is 11.8. The van der Waals surface area contributed by atoms with Crippen LogP contribution in [0.2, 0.25) is 10.0 Å². The average Bonchev–Trinajstić information content (AvgIpc) is 2.94. The first kappa shape index (κ1) is 19.5. The van der Waals surface area contributed by atoms with Crippen molar-refractivity contribution in [1.82, 2.24) is 10.2 Å². The molecule has 2 fully saturated rings. The normalized spacial score (nSPS) is 21.2. The highest BCUT2D eigenvalue weighted by molar-refractivity contribution is 6.31. The molecule has 2 aliphatic rings. The standard InChI is InChI=1S/C20H18Cl2N4O3/c21-12-1-5-14(6-2-12)23-19(28)24-15-9-10-25-17(11-15)18(27)26(20(25)29)16-7-3-13(22)4-8-16/h1-8,15,17H,9-11H2,(H2,23,24,28)/t15-,17-/m0/s1. The van der Waals surface area contributed by atoms with Gasteiger partial charge in [-0.3, -0.25) is 4.79 Å². The van der Waals surface area contributed by atoms with Crippen LogP contribution >= 0.6 is 23.2 Å². The topological polar surface area (TPSA) is 81.8 Å². The summed E-state index contributed by atoms with van der Waals surface area (Å²) in [5, 5.41) is 6.73. The molecule has 2 aromatic carbocycles. The van der Waals surface area contributed by atoms with E-state index < -0.39 is 6.04 Å². The van der Waals surface area contributed by atoms with Gasteiger partial charge in [-0.1, -0.05) is 23.2 Å². The Labute approximate surface area is 177 Å². The van der Waals surface area contributed by atoms with Gasteiger partial charge >= 0.3 is 12.1 Å². The molecule has 5 amide bonds. The van der Waals surface area contributed by atoms with E-state index in [2.05, 4.69) is 10.6 Å². The zero-order valence-electron chi connectivity index (χ0n) is 15.3. The number of anilines is 2. The molecule has 150 valence electrons. The predicted molar refractivity (Wildman–Crippen MR) is 111 cm³/mol. The van der Waals surface area contributed by atoms with Crippen molar-refractivity contribution in [2.24, 2.45) is 0 Å². The summed E-state index contributed by atoms with van der Waals surface area (Å²) >= 11 is 11.7. The zero-order valence-corrected chi connectivity index (χ0v) is 16.8. The summed E-state index contributed by atoms with van der Waals surface area (Å²) in [6.45, 7) is 0.394. The molecule has 2 atom stereocenters. The Morgan fingerprint density at radius 2 is 1.59 bits per heavy atom. The van der Waals surface area contributed by atoms with Gasteiger partial charge in [-0.05, 0) is 61.4 Å². The number of fused-ring (bicyclic) bond motifs is 1. The van der Waals surface area contributed by atoms with Crippen molar-refractivity contribution in [2.45, 2.75) is 24.9 Å². The smallest absolute Gasteiger partial charge is 0.332 e. The summed E-state index contributed by atoms with van der Waals surface area (Å²) in [6.07, 6.45) is 0.931. The number of nitrogens with one attached hydrogen (secondary N) is 2. The van der Waals surface area contributed by atoms with Crippen LogP contribution < -0.4 is 15.5 Å². The van der Waals surface area contributed by atoms with Gasteiger partial charge < -0.3 is 15.5 Å². The van der Waals surface area contributed by atoms with Gasteiger partial charge in [0.05, 0.1) is 5.69 Å². The van der Waals surface area contributed by atoms with E-state index in [0.29, 0.717) is 40.8 Å². The van der Waals surface area contributed by atoms with Crippen LogP contribution in [-0.2, 0) is 4.79 Å². The molecule has 7 nitrogen and oxygen atoms in total. The third kappa shape index (κ3) is 4.02. The maximum atomic E-state index is 12.9. The molecule has 2 aliphatic heterocycles. The van der Waals surface area contributed by atoms with E-state index in [1.165, 1.54) is 4.90 Å². The summed E-state index contributed by atoms with van der Waals surface area (Å²) in [7, 11) is 0. The van der Waals surface area contributed by atoms with Crippen molar-refractivity contribution in [2.75, 3.05) is 16.8 Å². The summed E-state index contributed by atoms with van der Waals surface area (Å²) in [5.74, 6) is -0.290. The molecule has 2 saturated heterocycles. The van der Waals surface area contributed by atoms with Gasteiger partial charge in [-0.15, -0.1) is 0 Å². The Balaban J connectivity index is 1.40. The van der Waals surface area contributed by atoms with Gasteiger partial charge in [-0.25, -0.2) is 14.5 Å². The molecule has 0 unspecified atom stereocenters. The van der Waals surface area contributed by atoms with E-state index in [1.807, 2.05) is 0 Å². The van der Waals surface area contributed by atoms with Crippen LogP contribution in [0, 0.1) is 0 Å². The lowest BCUT2D eigenvalue weighted by Gasteiger charge is -2.32. The highest BCUT2D eigenvalue weighted by atomic mass is 35.5. The van der Waals surface area contributed by atoms with Crippen LogP contribution in [-0.4, -0.2) is 41.5 Å². The van der Waals surface area contributed by atoms with Gasteiger partial charge in [0, 0.05) is 28.3 Å². The number of rotatable bonds is 3. The van der Waals surface area contributed by atoms with Gasteiger partial charge in [0.25, 0.3) is 5.91 Å². The molecule has 4 rings (SSSR count). The number of imide groups is 1. The minimum atomic E-state index is -0.590. The number of carbonyl (C=O) groups is 3. The van der Waals surface area contributed by atoms with Crippen LogP contribution in [0.4, 0.5) is 21.0 Å². The number of hydrogen-bond acceptors (Lipinski definition) is 3. The Kier molecular flexibility index (Phi) is 5.34. The Morgan fingerprint density at radius 1 is 0.966 bits per heavy atom. The van der Waals surface area contributed by atoms with Crippen molar-refractivity contribution in [3.63, 3.8) is 0 Å². The molecule has 0 bridgehead atoms. The molecule has 2 aromatic rings. The molecular weight excluding hydrogens is 415 g/mol. The average molecular weight is 433 g/mol. The number of piperidine rings is 1. The lowest BCUT2D eigenvalue weighted by Crippen LogP contribution is -2.50. The van der Waals surface area contributed by atoms with Crippen molar-refractivity contribution < 1.29 is 14.4 Å². The van der Waals surface area contributed by atoms with E-state index in [1.54, 1.807) is 53.4 Å². The summed E-state index contributed by atoms with van der Waals surface area (Å²) < 4.78 is 0. The molecule has 2 N–H and O–H groups in total. The first-order chi connectivity index (χ1) is 13.9. The molecular formula is C20H18Cl2N4O3. The van der Waals surface area contributed by atoms with Crippen molar-refractivity contribution in [3.05, 3.63) is 58.6 Å². The van der Waals surface area contributed by atoms with Gasteiger partial charge in [0.1, 0.15) is 6.04 Å². The van der Waals surface area contributed by atoms with E-state index in [0.717, 1.165) is 0 Å². The summed E-state index contributed by atoms with van der Waals surface area (Å²) in [5.41, 5.74) is 1.11. The van der Waals surface area contributed by atoms with E-state index in [-0.39, 0.29) is 24.0 Å². The molecule has 0 aliphatic carbocycles.